The van der Waals surface area contributed by atoms with Gasteiger partial charge in [0.05, 0.1) is 5.25 Å². The summed E-state index contributed by atoms with van der Waals surface area (Å²) >= 11 is 1.41. The molecule has 0 spiro atoms. The van der Waals surface area contributed by atoms with E-state index in [1.807, 2.05) is 11.8 Å². The van der Waals surface area contributed by atoms with Gasteiger partial charge < -0.3 is 9.80 Å². The lowest BCUT2D eigenvalue weighted by Gasteiger charge is -2.35. The molecule has 1 amide bonds. The van der Waals surface area contributed by atoms with Gasteiger partial charge in [0.2, 0.25) is 5.91 Å². The Morgan fingerprint density at radius 1 is 1.15 bits per heavy atom. The maximum atomic E-state index is 13.4. The molecule has 1 unspecified atom stereocenters. The molecule has 0 aliphatic carbocycles. The van der Waals surface area contributed by atoms with E-state index in [4.69, 9.17) is 4.98 Å². The third kappa shape index (κ3) is 6.44. The summed E-state index contributed by atoms with van der Waals surface area (Å²) in [5, 5.41) is 0.320. The van der Waals surface area contributed by atoms with Crippen LogP contribution in [-0.4, -0.2) is 63.2 Å². The van der Waals surface area contributed by atoms with Crippen LogP contribution >= 0.6 is 11.8 Å². The van der Waals surface area contributed by atoms with E-state index in [1.165, 1.54) is 23.9 Å². The first-order valence-electron chi connectivity index (χ1n) is 11.8. The zero-order chi connectivity index (χ0) is 24.0. The van der Waals surface area contributed by atoms with Gasteiger partial charge in [-0.15, -0.1) is 0 Å². The number of unbranched alkanes of at least 4 members (excludes halogenated alkanes) is 1. The summed E-state index contributed by atoms with van der Waals surface area (Å²) in [7, 11) is 1.71. The van der Waals surface area contributed by atoms with Crippen LogP contribution in [0.2, 0.25) is 0 Å². The van der Waals surface area contributed by atoms with Gasteiger partial charge in [0, 0.05) is 50.9 Å². The van der Waals surface area contributed by atoms with Crippen molar-refractivity contribution in [3.63, 3.8) is 0 Å². The Hall–Kier alpha value is -2.19. The summed E-state index contributed by atoms with van der Waals surface area (Å²) in [6.45, 7) is 10.4. The number of aromatic nitrogens is 2. The highest BCUT2D eigenvalue weighted by Crippen LogP contribution is 2.27. The molecule has 1 fully saturated rings. The van der Waals surface area contributed by atoms with Crippen molar-refractivity contribution in [1.29, 1.82) is 0 Å². The molecule has 8 heteroatoms. The number of benzene rings is 1. The van der Waals surface area contributed by atoms with Gasteiger partial charge in [0.15, 0.2) is 5.16 Å². The van der Waals surface area contributed by atoms with E-state index in [0.29, 0.717) is 22.8 Å². The van der Waals surface area contributed by atoms with Crippen molar-refractivity contribution in [3.05, 3.63) is 57.3 Å². The summed E-state index contributed by atoms with van der Waals surface area (Å²) in [6.07, 6.45) is 3.13. The SMILES string of the molecule is CCCCC(Sc1nc(C)c(Cc2ccc(F)cc2)c(=O)n1C)C(=O)N1CCN(CC)CC1. The molecule has 2 aromatic rings. The quantitative estimate of drug-likeness (QED) is 0.410. The van der Waals surface area contributed by atoms with Crippen molar-refractivity contribution in [2.24, 2.45) is 7.05 Å². The number of nitrogens with zero attached hydrogens (tertiary/aromatic N) is 4. The second-order valence-electron chi connectivity index (χ2n) is 8.63. The standard InChI is InChI=1S/C25H35FN4O2S/c1-5-7-8-22(24(32)30-15-13-29(6-2)14-16-30)33-25-27-18(3)21(23(31)28(25)4)17-19-9-11-20(26)12-10-19/h9-12,22H,5-8,13-17H2,1-4H3. The summed E-state index contributed by atoms with van der Waals surface area (Å²) < 4.78 is 14.8. The average Bonchev–Trinajstić information content (AvgIpc) is 2.83. The molecule has 1 aliphatic heterocycles. The lowest BCUT2D eigenvalue weighted by molar-refractivity contribution is -0.132. The summed E-state index contributed by atoms with van der Waals surface area (Å²) in [4.78, 5) is 35.6. The Bertz CT molecular complexity index is 1000. The number of halogens is 1. The van der Waals surface area contributed by atoms with Crippen LogP contribution in [0.3, 0.4) is 0 Å². The summed E-state index contributed by atoms with van der Waals surface area (Å²) in [5.74, 6) is -0.154. The van der Waals surface area contributed by atoms with Crippen LogP contribution in [0.4, 0.5) is 4.39 Å². The van der Waals surface area contributed by atoms with E-state index >= 15 is 0 Å². The van der Waals surface area contributed by atoms with Gasteiger partial charge >= 0.3 is 0 Å². The van der Waals surface area contributed by atoms with Crippen LogP contribution in [0, 0.1) is 12.7 Å². The number of carbonyl (C=O) groups excluding carboxylic acids is 1. The number of thioether (sulfide) groups is 1. The maximum absolute atomic E-state index is 13.4. The molecule has 3 rings (SSSR count). The molecular weight excluding hydrogens is 439 g/mol. The van der Waals surface area contributed by atoms with Crippen molar-refractivity contribution in [2.75, 3.05) is 32.7 Å². The van der Waals surface area contributed by atoms with Crippen molar-refractivity contribution < 1.29 is 9.18 Å². The fourth-order valence-corrected chi connectivity index (χ4v) is 5.30. The molecular formula is C25H35FN4O2S. The lowest BCUT2D eigenvalue weighted by atomic mass is 10.1. The maximum Gasteiger partial charge on any atom is 0.257 e. The average molecular weight is 475 g/mol. The number of carbonyl (C=O) groups is 1. The minimum absolute atomic E-state index is 0.118. The molecule has 6 nitrogen and oxygen atoms in total. The molecule has 2 heterocycles. The zero-order valence-electron chi connectivity index (χ0n) is 20.1. The van der Waals surface area contributed by atoms with Crippen LogP contribution in [0.15, 0.2) is 34.2 Å². The number of aryl methyl sites for hydroxylation is 1. The van der Waals surface area contributed by atoms with Gasteiger partial charge in [-0.05, 0) is 37.6 Å². The Kier molecular flexibility index (Phi) is 9.09. The van der Waals surface area contributed by atoms with Gasteiger partial charge in [-0.2, -0.15) is 0 Å². The number of rotatable bonds is 9. The number of hydrogen-bond acceptors (Lipinski definition) is 5. The normalized spacial score (nSPS) is 15.6. The van der Waals surface area contributed by atoms with E-state index in [9.17, 15) is 14.0 Å². The molecule has 1 aromatic carbocycles. The Morgan fingerprint density at radius 2 is 1.82 bits per heavy atom. The molecule has 0 bridgehead atoms. The van der Waals surface area contributed by atoms with Gasteiger partial charge in [-0.3, -0.25) is 14.2 Å². The fourth-order valence-electron chi connectivity index (χ4n) is 4.08. The number of amides is 1. The first-order chi connectivity index (χ1) is 15.8. The van der Waals surface area contributed by atoms with Crippen molar-refractivity contribution in [3.8, 4) is 0 Å². The summed E-state index contributed by atoms with van der Waals surface area (Å²) in [5.41, 5.74) is 2.00. The van der Waals surface area contributed by atoms with Gasteiger partial charge in [0.1, 0.15) is 5.82 Å². The third-order valence-corrected chi connectivity index (χ3v) is 7.62. The first kappa shape index (κ1) is 25.4. The van der Waals surface area contributed by atoms with E-state index < -0.39 is 0 Å². The minimum Gasteiger partial charge on any atom is -0.339 e. The molecule has 1 aliphatic rings. The van der Waals surface area contributed by atoms with Crippen LogP contribution in [0.5, 0.6) is 0 Å². The van der Waals surface area contributed by atoms with Crippen LogP contribution in [-0.2, 0) is 18.3 Å². The highest BCUT2D eigenvalue weighted by Gasteiger charge is 2.29. The van der Waals surface area contributed by atoms with Gasteiger partial charge in [0.25, 0.3) is 5.56 Å². The number of likely N-dealkylation sites (N-methyl/N-ethyl adjacent to an activating group) is 1. The van der Waals surface area contributed by atoms with E-state index in [-0.39, 0.29) is 22.5 Å². The highest BCUT2D eigenvalue weighted by atomic mass is 32.2. The second kappa shape index (κ2) is 11.8. The molecule has 1 aromatic heterocycles. The molecule has 1 saturated heterocycles. The third-order valence-electron chi connectivity index (χ3n) is 6.32. The van der Waals surface area contributed by atoms with E-state index in [1.54, 1.807) is 23.7 Å². The van der Waals surface area contributed by atoms with Crippen LogP contribution in [0.1, 0.15) is 49.9 Å². The Balaban J connectivity index is 1.80. The topological polar surface area (TPSA) is 58.4 Å². The lowest BCUT2D eigenvalue weighted by Crippen LogP contribution is -2.50. The second-order valence-corrected chi connectivity index (χ2v) is 9.80. The van der Waals surface area contributed by atoms with Gasteiger partial charge in [-0.25, -0.2) is 9.37 Å². The highest BCUT2D eigenvalue weighted by molar-refractivity contribution is 8.00. The monoisotopic (exact) mass is 474 g/mol. The number of piperazine rings is 1. The predicted molar refractivity (Wildman–Crippen MR) is 131 cm³/mol. The minimum atomic E-state index is -0.299. The molecule has 0 saturated carbocycles. The van der Waals surface area contributed by atoms with Crippen molar-refractivity contribution in [2.45, 2.75) is 56.9 Å². The molecule has 180 valence electrons. The van der Waals surface area contributed by atoms with E-state index in [2.05, 4.69) is 18.7 Å². The van der Waals surface area contributed by atoms with Crippen molar-refractivity contribution in [1.82, 2.24) is 19.4 Å². The summed E-state index contributed by atoms with van der Waals surface area (Å²) in [6, 6.07) is 6.18. The predicted octanol–water partition coefficient (Wildman–Crippen LogP) is 3.63. The first-order valence-corrected chi connectivity index (χ1v) is 12.7. The van der Waals surface area contributed by atoms with Gasteiger partial charge in [-0.1, -0.05) is 50.6 Å². The molecule has 1 atom stereocenters. The molecule has 33 heavy (non-hydrogen) atoms. The fraction of sp³-hybridized carbons (Fsp3) is 0.560. The van der Waals surface area contributed by atoms with Crippen LogP contribution < -0.4 is 5.56 Å². The zero-order valence-corrected chi connectivity index (χ0v) is 21.0. The van der Waals surface area contributed by atoms with E-state index in [0.717, 1.165) is 57.5 Å². The smallest absolute Gasteiger partial charge is 0.257 e. The largest absolute Gasteiger partial charge is 0.339 e. The molecule has 0 radical (unpaired) electrons. The Morgan fingerprint density at radius 3 is 2.42 bits per heavy atom. The van der Waals surface area contributed by atoms with Crippen LogP contribution in [0.25, 0.3) is 0 Å². The number of hydrogen-bond donors (Lipinski definition) is 0. The Labute approximate surface area is 200 Å². The van der Waals surface area contributed by atoms with Crippen molar-refractivity contribution >= 4 is 17.7 Å². The molecule has 0 N–H and O–H groups in total.